The molecule has 0 bridgehead atoms. The van der Waals surface area contributed by atoms with Crippen LogP contribution in [0, 0.1) is 0 Å². The van der Waals surface area contributed by atoms with Gasteiger partial charge in [0, 0.05) is 24.0 Å². The van der Waals surface area contributed by atoms with Gasteiger partial charge in [0.2, 0.25) is 5.91 Å². The van der Waals surface area contributed by atoms with Crippen LogP contribution in [0.25, 0.3) is 6.08 Å². The maximum atomic E-state index is 12.0. The number of hydrogen-bond acceptors (Lipinski definition) is 4. The third kappa shape index (κ3) is 4.47. The first kappa shape index (κ1) is 14.7. The van der Waals surface area contributed by atoms with Crippen LogP contribution in [0.3, 0.4) is 0 Å². The molecule has 0 aliphatic carbocycles. The number of piperidine rings is 1. The molecule has 1 aromatic heterocycles. The van der Waals surface area contributed by atoms with Crippen molar-refractivity contribution in [3.63, 3.8) is 0 Å². The Morgan fingerprint density at radius 2 is 2.20 bits per heavy atom. The number of thiophene rings is 1. The maximum absolute atomic E-state index is 12.0. The molecule has 0 radical (unpaired) electrons. The second kappa shape index (κ2) is 7.21. The quantitative estimate of drug-likeness (QED) is 0.842. The van der Waals surface area contributed by atoms with Crippen molar-refractivity contribution < 1.29 is 19.4 Å². The number of carbonyl (C=O) groups is 2. The van der Waals surface area contributed by atoms with Gasteiger partial charge < -0.3 is 14.7 Å². The highest BCUT2D eigenvalue weighted by atomic mass is 32.1. The number of ether oxygens (including phenoxy) is 1. The fourth-order valence-electron chi connectivity index (χ4n) is 2.08. The SMILES string of the molecule is O=C(O)COC1CCN(C(=O)C=Cc2cccs2)CC1. The molecule has 20 heavy (non-hydrogen) atoms. The van der Waals surface area contributed by atoms with E-state index in [1.54, 1.807) is 22.3 Å². The number of aliphatic carboxylic acids is 1. The smallest absolute Gasteiger partial charge is 0.329 e. The Labute approximate surface area is 121 Å². The number of carbonyl (C=O) groups excluding carboxylic acids is 1. The molecular weight excluding hydrogens is 278 g/mol. The Morgan fingerprint density at radius 1 is 1.45 bits per heavy atom. The topological polar surface area (TPSA) is 66.8 Å². The van der Waals surface area contributed by atoms with E-state index in [2.05, 4.69) is 0 Å². The zero-order valence-corrected chi connectivity index (χ0v) is 11.8. The van der Waals surface area contributed by atoms with Gasteiger partial charge in [-0.1, -0.05) is 6.07 Å². The molecule has 2 rings (SSSR count). The Hall–Kier alpha value is -1.66. The molecule has 1 N–H and O–H groups in total. The van der Waals surface area contributed by atoms with Crippen LogP contribution < -0.4 is 0 Å². The predicted octanol–water partition coefficient (Wildman–Crippen LogP) is 1.85. The Bertz CT molecular complexity index is 475. The third-order valence-corrected chi connectivity index (χ3v) is 3.97. The summed E-state index contributed by atoms with van der Waals surface area (Å²) in [4.78, 5) is 25.2. The molecule has 1 aliphatic heterocycles. The molecule has 0 spiro atoms. The Kier molecular flexibility index (Phi) is 5.31. The van der Waals surface area contributed by atoms with Gasteiger partial charge in [0.05, 0.1) is 6.10 Å². The standard InChI is InChI=1S/C14H17NO4S/c16-13(4-3-12-2-1-9-20-12)15-7-5-11(6-8-15)19-10-14(17)18/h1-4,9,11H,5-8,10H2,(H,17,18). The second-order valence-corrected chi connectivity index (χ2v) is 5.56. The highest BCUT2D eigenvalue weighted by Crippen LogP contribution is 2.15. The lowest BCUT2D eigenvalue weighted by molar-refractivity contribution is -0.146. The molecule has 1 saturated heterocycles. The molecule has 0 atom stereocenters. The minimum absolute atomic E-state index is 0.00455. The Morgan fingerprint density at radius 3 is 2.80 bits per heavy atom. The monoisotopic (exact) mass is 295 g/mol. The van der Waals surface area contributed by atoms with Gasteiger partial charge in [-0.25, -0.2) is 4.79 Å². The van der Waals surface area contributed by atoms with Crippen molar-refractivity contribution in [1.82, 2.24) is 4.90 Å². The van der Waals surface area contributed by atoms with Crippen molar-refractivity contribution in [3.05, 3.63) is 28.5 Å². The number of hydrogen-bond donors (Lipinski definition) is 1. The molecule has 108 valence electrons. The molecule has 1 amide bonds. The summed E-state index contributed by atoms with van der Waals surface area (Å²) in [5.41, 5.74) is 0. The summed E-state index contributed by atoms with van der Waals surface area (Å²) in [5, 5.41) is 10.5. The predicted molar refractivity (Wildman–Crippen MR) is 76.5 cm³/mol. The van der Waals surface area contributed by atoms with Crippen LogP contribution in [0.15, 0.2) is 23.6 Å². The average Bonchev–Trinajstić information content (AvgIpc) is 2.96. The molecule has 0 aromatic carbocycles. The molecule has 1 aromatic rings. The third-order valence-electron chi connectivity index (χ3n) is 3.13. The van der Waals surface area contributed by atoms with Crippen LogP contribution in [-0.2, 0) is 14.3 Å². The number of rotatable bonds is 5. The molecule has 1 aliphatic rings. The molecule has 0 saturated carbocycles. The van der Waals surface area contributed by atoms with E-state index < -0.39 is 5.97 Å². The molecular formula is C14H17NO4S. The van der Waals surface area contributed by atoms with Crippen LogP contribution in [0.5, 0.6) is 0 Å². The van der Waals surface area contributed by atoms with Crippen molar-refractivity contribution in [1.29, 1.82) is 0 Å². The van der Waals surface area contributed by atoms with Gasteiger partial charge in [-0.2, -0.15) is 0 Å². The molecule has 6 heteroatoms. The maximum Gasteiger partial charge on any atom is 0.329 e. The largest absolute Gasteiger partial charge is 0.480 e. The van der Waals surface area contributed by atoms with Crippen LogP contribution >= 0.6 is 11.3 Å². The van der Waals surface area contributed by atoms with Crippen molar-refractivity contribution in [2.45, 2.75) is 18.9 Å². The first-order chi connectivity index (χ1) is 9.65. The van der Waals surface area contributed by atoms with Crippen LogP contribution in [-0.4, -0.2) is 47.7 Å². The summed E-state index contributed by atoms with van der Waals surface area (Å²) >= 11 is 1.59. The van der Waals surface area contributed by atoms with Gasteiger partial charge in [-0.05, 0) is 30.4 Å². The van der Waals surface area contributed by atoms with Gasteiger partial charge in [-0.3, -0.25) is 4.79 Å². The van der Waals surface area contributed by atoms with Gasteiger partial charge >= 0.3 is 5.97 Å². The summed E-state index contributed by atoms with van der Waals surface area (Å²) in [7, 11) is 0. The zero-order chi connectivity index (χ0) is 14.4. The van der Waals surface area contributed by atoms with Crippen LogP contribution in [0.1, 0.15) is 17.7 Å². The highest BCUT2D eigenvalue weighted by molar-refractivity contribution is 7.10. The first-order valence-corrected chi connectivity index (χ1v) is 7.37. The van der Waals surface area contributed by atoms with Crippen molar-refractivity contribution in [2.75, 3.05) is 19.7 Å². The summed E-state index contributed by atoms with van der Waals surface area (Å²) in [6.45, 7) is 0.951. The Balaban J connectivity index is 1.75. The number of carboxylic acid groups (broad SMARTS) is 1. The van der Waals surface area contributed by atoms with E-state index in [0.717, 1.165) is 4.88 Å². The normalized spacial score (nSPS) is 16.7. The molecule has 5 nitrogen and oxygen atoms in total. The van der Waals surface area contributed by atoms with E-state index in [1.165, 1.54) is 0 Å². The summed E-state index contributed by atoms with van der Waals surface area (Å²) in [6, 6.07) is 3.90. The molecule has 0 unspecified atom stereocenters. The fourth-order valence-corrected chi connectivity index (χ4v) is 2.69. The van der Waals surface area contributed by atoms with E-state index in [9.17, 15) is 9.59 Å². The lowest BCUT2D eigenvalue weighted by Gasteiger charge is -2.30. The van der Waals surface area contributed by atoms with E-state index >= 15 is 0 Å². The first-order valence-electron chi connectivity index (χ1n) is 6.49. The summed E-state index contributed by atoms with van der Waals surface area (Å²) < 4.78 is 5.24. The van der Waals surface area contributed by atoms with Crippen molar-refractivity contribution in [3.8, 4) is 0 Å². The minimum Gasteiger partial charge on any atom is -0.480 e. The van der Waals surface area contributed by atoms with Gasteiger partial charge in [0.15, 0.2) is 0 Å². The van der Waals surface area contributed by atoms with E-state index in [1.807, 2.05) is 23.6 Å². The van der Waals surface area contributed by atoms with Crippen LogP contribution in [0.2, 0.25) is 0 Å². The van der Waals surface area contributed by atoms with Crippen LogP contribution in [0.4, 0.5) is 0 Å². The number of amides is 1. The average molecular weight is 295 g/mol. The van der Waals surface area contributed by atoms with E-state index in [4.69, 9.17) is 9.84 Å². The van der Waals surface area contributed by atoms with Gasteiger partial charge in [-0.15, -0.1) is 11.3 Å². The van der Waals surface area contributed by atoms with Gasteiger partial charge in [0.1, 0.15) is 6.61 Å². The van der Waals surface area contributed by atoms with Crippen molar-refractivity contribution >= 4 is 29.3 Å². The molecule has 1 fully saturated rings. The number of likely N-dealkylation sites (tertiary alicyclic amines) is 1. The van der Waals surface area contributed by atoms with E-state index in [0.29, 0.717) is 25.9 Å². The fraction of sp³-hybridized carbons (Fsp3) is 0.429. The number of nitrogens with zero attached hydrogens (tertiary/aromatic N) is 1. The lowest BCUT2D eigenvalue weighted by atomic mass is 10.1. The van der Waals surface area contributed by atoms with E-state index in [-0.39, 0.29) is 18.6 Å². The lowest BCUT2D eigenvalue weighted by Crippen LogP contribution is -2.40. The summed E-state index contributed by atoms with van der Waals surface area (Å²) in [5.74, 6) is -0.961. The van der Waals surface area contributed by atoms with Crippen molar-refractivity contribution in [2.24, 2.45) is 0 Å². The minimum atomic E-state index is -0.956. The highest BCUT2D eigenvalue weighted by Gasteiger charge is 2.22. The number of carboxylic acids is 1. The van der Waals surface area contributed by atoms with Gasteiger partial charge in [0.25, 0.3) is 0 Å². The molecule has 2 heterocycles. The second-order valence-electron chi connectivity index (χ2n) is 4.58. The zero-order valence-electron chi connectivity index (χ0n) is 11.0. The summed E-state index contributed by atoms with van der Waals surface area (Å²) in [6.07, 6.45) is 4.72.